The Morgan fingerprint density at radius 2 is 2.00 bits per heavy atom. The molecule has 0 aliphatic carbocycles. The molecule has 24 heavy (non-hydrogen) atoms. The molecule has 0 radical (unpaired) electrons. The summed E-state index contributed by atoms with van der Waals surface area (Å²) >= 11 is 1.20. The van der Waals surface area contributed by atoms with Gasteiger partial charge in [0.2, 0.25) is 0 Å². The van der Waals surface area contributed by atoms with Gasteiger partial charge in [-0.15, -0.1) is 0 Å². The van der Waals surface area contributed by atoms with Crippen LogP contribution in [0.5, 0.6) is 0 Å². The number of rotatable bonds is 7. The van der Waals surface area contributed by atoms with E-state index in [9.17, 15) is 10.1 Å². The third-order valence-electron chi connectivity index (χ3n) is 4.20. The van der Waals surface area contributed by atoms with E-state index in [0.29, 0.717) is 0 Å². The second kappa shape index (κ2) is 7.55. The van der Waals surface area contributed by atoms with Crippen LogP contribution in [-0.2, 0) is 6.42 Å². The maximum atomic E-state index is 10.7. The molecule has 0 amide bonds. The summed E-state index contributed by atoms with van der Waals surface area (Å²) in [7, 11) is 0. The van der Waals surface area contributed by atoms with Gasteiger partial charge in [0.15, 0.2) is 0 Å². The zero-order valence-corrected chi connectivity index (χ0v) is 14.4. The molecule has 5 heteroatoms. The smallest absolute Gasteiger partial charge is 0.310 e. The van der Waals surface area contributed by atoms with Crippen molar-refractivity contribution in [2.24, 2.45) is 0 Å². The molecule has 1 atom stereocenters. The van der Waals surface area contributed by atoms with E-state index < -0.39 is 0 Å². The van der Waals surface area contributed by atoms with E-state index >= 15 is 0 Å². The van der Waals surface area contributed by atoms with E-state index in [2.05, 4.69) is 54.7 Å². The van der Waals surface area contributed by atoms with E-state index in [1.807, 2.05) is 5.38 Å². The fraction of sp³-hybridized carbons (Fsp3) is 0.263. The summed E-state index contributed by atoms with van der Waals surface area (Å²) in [5.74, 6) is 0. The molecule has 0 fully saturated rings. The van der Waals surface area contributed by atoms with Crippen molar-refractivity contribution in [2.75, 3.05) is 6.54 Å². The normalized spacial score (nSPS) is 12.4. The molecule has 0 spiro atoms. The van der Waals surface area contributed by atoms with Gasteiger partial charge in [0.05, 0.1) is 4.92 Å². The summed E-state index contributed by atoms with van der Waals surface area (Å²) in [5.41, 5.74) is 2.35. The van der Waals surface area contributed by atoms with E-state index in [1.165, 1.54) is 27.7 Å². The molecular weight excluding hydrogens is 320 g/mol. The highest BCUT2D eigenvalue weighted by molar-refractivity contribution is 7.13. The van der Waals surface area contributed by atoms with Crippen LogP contribution in [0.4, 0.5) is 5.00 Å². The van der Waals surface area contributed by atoms with Gasteiger partial charge >= 0.3 is 5.00 Å². The van der Waals surface area contributed by atoms with Gasteiger partial charge in [-0.25, -0.2) is 0 Å². The first-order valence-electron chi connectivity index (χ1n) is 8.08. The second-order valence-corrected chi connectivity index (χ2v) is 6.79. The number of fused-ring (bicyclic) bond motifs is 1. The summed E-state index contributed by atoms with van der Waals surface area (Å²) in [6.45, 7) is 3.06. The molecule has 0 bridgehead atoms. The monoisotopic (exact) mass is 340 g/mol. The summed E-state index contributed by atoms with van der Waals surface area (Å²) < 4.78 is 0. The molecule has 0 saturated carbocycles. The average molecular weight is 340 g/mol. The maximum absolute atomic E-state index is 10.7. The molecule has 0 saturated heterocycles. The molecule has 0 aliphatic heterocycles. The molecule has 2 aromatic carbocycles. The van der Waals surface area contributed by atoms with Crippen molar-refractivity contribution in [3.63, 3.8) is 0 Å². The minimum absolute atomic E-state index is 0.224. The number of thiophene rings is 1. The Balaban J connectivity index is 1.55. The molecule has 1 heterocycles. The van der Waals surface area contributed by atoms with Crippen molar-refractivity contribution < 1.29 is 4.92 Å². The molecule has 4 nitrogen and oxygen atoms in total. The standard InChI is InChI=1S/C19H20N2O2S/c1-14(17-10-4-8-16-7-2-3-9-18(16)17)20-11-5-6-15-12-19(21(22)23)24-13-15/h2-4,7-10,12-14,20H,5-6,11H2,1H3. The summed E-state index contributed by atoms with van der Waals surface area (Å²) in [4.78, 5) is 10.4. The number of nitro groups is 1. The fourth-order valence-corrected chi connectivity index (χ4v) is 3.70. The zero-order chi connectivity index (χ0) is 16.9. The number of hydrogen-bond acceptors (Lipinski definition) is 4. The number of hydrogen-bond donors (Lipinski definition) is 1. The van der Waals surface area contributed by atoms with Crippen LogP contribution in [0.3, 0.4) is 0 Å². The van der Waals surface area contributed by atoms with Gasteiger partial charge in [-0.05, 0) is 48.2 Å². The third-order valence-corrected chi connectivity index (χ3v) is 5.13. The van der Waals surface area contributed by atoms with Crippen LogP contribution in [-0.4, -0.2) is 11.5 Å². The third kappa shape index (κ3) is 3.80. The number of benzene rings is 2. The van der Waals surface area contributed by atoms with Crippen molar-refractivity contribution in [3.8, 4) is 0 Å². The van der Waals surface area contributed by atoms with Crippen LogP contribution in [0.1, 0.15) is 30.5 Å². The summed E-state index contributed by atoms with van der Waals surface area (Å²) in [6.07, 6.45) is 1.82. The molecule has 124 valence electrons. The lowest BCUT2D eigenvalue weighted by Crippen LogP contribution is -2.20. The van der Waals surface area contributed by atoms with E-state index in [1.54, 1.807) is 6.07 Å². The maximum Gasteiger partial charge on any atom is 0.324 e. The number of aryl methyl sites for hydroxylation is 1. The highest BCUT2D eigenvalue weighted by Gasteiger charge is 2.10. The predicted molar refractivity (Wildman–Crippen MR) is 99.7 cm³/mol. The van der Waals surface area contributed by atoms with Crippen LogP contribution in [0, 0.1) is 10.1 Å². The first-order chi connectivity index (χ1) is 11.6. The molecule has 1 unspecified atom stereocenters. The van der Waals surface area contributed by atoms with Gasteiger partial charge in [0, 0.05) is 17.5 Å². The largest absolute Gasteiger partial charge is 0.324 e. The number of nitrogens with one attached hydrogen (secondary N) is 1. The summed E-state index contributed by atoms with van der Waals surface area (Å²) in [5, 5.41) is 18.9. The zero-order valence-electron chi connectivity index (χ0n) is 13.6. The van der Waals surface area contributed by atoms with Crippen LogP contribution in [0.15, 0.2) is 53.9 Å². The van der Waals surface area contributed by atoms with Gasteiger partial charge in [0.25, 0.3) is 0 Å². The predicted octanol–water partition coefficient (Wildman–Crippen LogP) is 5.09. The van der Waals surface area contributed by atoms with Crippen molar-refractivity contribution in [2.45, 2.75) is 25.8 Å². The lowest BCUT2D eigenvalue weighted by atomic mass is 9.99. The van der Waals surface area contributed by atoms with Crippen LogP contribution in [0.2, 0.25) is 0 Å². The van der Waals surface area contributed by atoms with Gasteiger partial charge in [-0.1, -0.05) is 53.8 Å². The molecule has 3 aromatic rings. The Morgan fingerprint density at radius 3 is 2.79 bits per heavy atom. The van der Waals surface area contributed by atoms with E-state index in [-0.39, 0.29) is 16.0 Å². The Bertz CT molecular complexity index is 839. The molecule has 3 rings (SSSR count). The molecule has 1 N–H and O–H groups in total. The van der Waals surface area contributed by atoms with Gasteiger partial charge in [-0.3, -0.25) is 10.1 Å². The second-order valence-electron chi connectivity index (χ2n) is 5.90. The minimum atomic E-state index is -0.324. The van der Waals surface area contributed by atoms with Crippen LogP contribution < -0.4 is 5.32 Å². The van der Waals surface area contributed by atoms with E-state index in [4.69, 9.17) is 0 Å². The Morgan fingerprint density at radius 1 is 1.21 bits per heavy atom. The lowest BCUT2D eigenvalue weighted by Gasteiger charge is -2.16. The molecular formula is C19H20N2O2S. The SMILES string of the molecule is CC(NCCCc1csc([N+](=O)[O-])c1)c1cccc2ccccc12. The van der Waals surface area contributed by atoms with Crippen molar-refractivity contribution in [1.82, 2.24) is 5.32 Å². The fourth-order valence-electron chi connectivity index (χ4n) is 2.94. The summed E-state index contributed by atoms with van der Waals surface area (Å²) in [6, 6.07) is 16.8. The van der Waals surface area contributed by atoms with Crippen molar-refractivity contribution >= 4 is 27.1 Å². The molecule has 0 aliphatic rings. The number of nitrogens with zero attached hydrogens (tertiary/aromatic N) is 1. The highest BCUT2D eigenvalue weighted by Crippen LogP contribution is 2.25. The average Bonchev–Trinajstić information content (AvgIpc) is 3.07. The van der Waals surface area contributed by atoms with Crippen LogP contribution in [0.25, 0.3) is 10.8 Å². The van der Waals surface area contributed by atoms with Crippen molar-refractivity contribution in [3.05, 3.63) is 75.2 Å². The quantitative estimate of drug-likeness (QED) is 0.370. The van der Waals surface area contributed by atoms with Gasteiger partial charge < -0.3 is 5.32 Å². The highest BCUT2D eigenvalue weighted by atomic mass is 32.1. The van der Waals surface area contributed by atoms with Gasteiger partial charge in [-0.2, -0.15) is 0 Å². The van der Waals surface area contributed by atoms with Crippen molar-refractivity contribution in [1.29, 1.82) is 0 Å². The minimum Gasteiger partial charge on any atom is -0.310 e. The Kier molecular flexibility index (Phi) is 5.23. The Labute approximate surface area is 145 Å². The first-order valence-corrected chi connectivity index (χ1v) is 8.96. The topological polar surface area (TPSA) is 55.2 Å². The first kappa shape index (κ1) is 16.6. The van der Waals surface area contributed by atoms with Gasteiger partial charge in [0.1, 0.15) is 0 Å². The van der Waals surface area contributed by atoms with E-state index in [0.717, 1.165) is 24.9 Å². The van der Waals surface area contributed by atoms with Crippen LogP contribution >= 0.6 is 11.3 Å². The molecule has 1 aromatic heterocycles. The lowest BCUT2D eigenvalue weighted by molar-refractivity contribution is -0.380. The Hall–Kier alpha value is -2.24.